The Morgan fingerprint density at radius 3 is 2.70 bits per heavy atom. The lowest BCUT2D eigenvalue weighted by Crippen LogP contribution is -2.24. The van der Waals surface area contributed by atoms with Crippen LogP contribution in [0.3, 0.4) is 0 Å². The van der Waals surface area contributed by atoms with Crippen LogP contribution < -0.4 is 15.5 Å². The summed E-state index contributed by atoms with van der Waals surface area (Å²) in [5.74, 6) is 0.565. The van der Waals surface area contributed by atoms with Crippen molar-refractivity contribution in [3.63, 3.8) is 0 Å². The molecule has 0 unspecified atom stereocenters. The molecule has 1 amide bonds. The topological polar surface area (TPSA) is 104 Å². The molecule has 2 aromatic heterocycles. The number of alkyl halides is 1. The molecule has 1 saturated heterocycles. The van der Waals surface area contributed by atoms with Crippen LogP contribution in [0.5, 0.6) is 0 Å². The van der Waals surface area contributed by atoms with E-state index >= 15 is 0 Å². The predicted octanol–water partition coefficient (Wildman–Crippen LogP) is 2.43. The second kappa shape index (κ2) is 6.84. The fourth-order valence-electron chi connectivity index (χ4n) is 3.86. The fourth-order valence-corrected chi connectivity index (χ4v) is 3.86. The first-order chi connectivity index (χ1) is 14.5. The van der Waals surface area contributed by atoms with Crippen molar-refractivity contribution >= 4 is 23.1 Å². The Morgan fingerprint density at radius 2 is 2.07 bits per heavy atom. The van der Waals surface area contributed by atoms with Crippen LogP contribution in [0, 0.1) is 11.3 Å². The molecule has 0 aliphatic carbocycles. The zero-order chi connectivity index (χ0) is 20.8. The summed E-state index contributed by atoms with van der Waals surface area (Å²) in [7, 11) is 0. The zero-order valence-corrected chi connectivity index (χ0v) is 16.0. The second-order valence-corrected chi connectivity index (χ2v) is 7.42. The van der Waals surface area contributed by atoms with Gasteiger partial charge in [0.1, 0.15) is 18.1 Å². The van der Waals surface area contributed by atoms with Crippen molar-refractivity contribution in [2.24, 2.45) is 0 Å². The number of hydrogen-bond acceptors (Lipinski definition) is 6. The molecule has 2 aliphatic heterocycles. The van der Waals surface area contributed by atoms with Crippen molar-refractivity contribution in [2.45, 2.75) is 19.1 Å². The van der Waals surface area contributed by atoms with Gasteiger partial charge in [-0.1, -0.05) is 0 Å². The molecule has 0 radical (unpaired) electrons. The summed E-state index contributed by atoms with van der Waals surface area (Å²) in [5.41, 5.74) is 9.12. The number of nitrogen functional groups attached to an aromatic ring is 1. The number of nitrogens with zero attached hydrogens (tertiary/aromatic N) is 6. The summed E-state index contributed by atoms with van der Waals surface area (Å²) in [6, 6.07) is 10.6. The average molecular weight is 403 g/mol. The molecule has 2 N–H and O–H groups in total. The molecule has 4 heterocycles. The van der Waals surface area contributed by atoms with Crippen LogP contribution in [0.2, 0.25) is 0 Å². The number of carbonyl (C=O) groups is 1. The van der Waals surface area contributed by atoms with Gasteiger partial charge in [0.05, 0.1) is 47.5 Å². The van der Waals surface area contributed by atoms with Gasteiger partial charge >= 0.3 is 0 Å². The van der Waals surface area contributed by atoms with E-state index in [9.17, 15) is 9.18 Å². The minimum absolute atomic E-state index is 0.170. The first kappa shape index (κ1) is 18.1. The second-order valence-electron chi connectivity index (χ2n) is 7.42. The molecule has 1 atom stereocenters. The minimum Gasteiger partial charge on any atom is -0.398 e. The molecule has 30 heavy (non-hydrogen) atoms. The van der Waals surface area contributed by atoms with E-state index < -0.39 is 6.17 Å². The van der Waals surface area contributed by atoms with Gasteiger partial charge < -0.3 is 15.5 Å². The Kier molecular flexibility index (Phi) is 4.13. The third kappa shape index (κ3) is 2.93. The lowest BCUT2D eigenvalue weighted by molar-refractivity contribution is 0.0996. The van der Waals surface area contributed by atoms with Gasteiger partial charge in [0.15, 0.2) is 0 Å². The molecule has 3 aromatic rings. The molecule has 1 fully saturated rings. The number of benzene rings is 1. The molecule has 0 saturated carbocycles. The quantitative estimate of drug-likeness (QED) is 0.674. The third-order valence-electron chi connectivity index (χ3n) is 5.49. The Hall–Kier alpha value is -3.93. The number of halogens is 1. The SMILES string of the molecule is N#Cc1ccc(N2Cc3nn(-c4ccc(N5CC[C@H](F)C5)nc4)cc3C2=O)cc1N. The molecular formula is C21H18FN7O. The number of pyridine rings is 1. The van der Waals surface area contributed by atoms with E-state index in [2.05, 4.69) is 10.1 Å². The standard InChI is InChI=1S/C21H18FN7O/c22-14-5-6-27(10-14)20-4-3-16(9-25-20)29-11-17-19(26-29)12-28(21(17)30)15-2-1-13(8-23)18(24)7-15/h1-4,7,9,11,14H,5-6,10,12,24H2/t14-/m0/s1. The van der Waals surface area contributed by atoms with E-state index in [0.717, 1.165) is 11.5 Å². The van der Waals surface area contributed by atoms with Crippen LogP contribution in [-0.2, 0) is 6.54 Å². The van der Waals surface area contributed by atoms with Crippen LogP contribution >= 0.6 is 0 Å². The summed E-state index contributed by atoms with van der Waals surface area (Å²) < 4.78 is 15.0. The molecular weight excluding hydrogens is 385 g/mol. The highest BCUT2D eigenvalue weighted by Crippen LogP contribution is 2.30. The number of fused-ring (bicyclic) bond motifs is 1. The lowest BCUT2D eigenvalue weighted by Gasteiger charge is -2.17. The van der Waals surface area contributed by atoms with Gasteiger partial charge in [0, 0.05) is 18.4 Å². The smallest absolute Gasteiger partial charge is 0.262 e. The number of aromatic nitrogens is 3. The summed E-state index contributed by atoms with van der Waals surface area (Å²) in [4.78, 5) is 20.8. The highest BCUT2D eigenvalue weighted by atomic mass is 19.1. The highest BCUT2D eigenvalue weighted by Gasteiger charge is 2.32. The maximum Gasteiger partial charge on any atom is 0.262 e. The Labute approximate surface area is 171 Å². The van der Waals surface area contributed by atoms with Gasteiger partial charge in [-0.25, -0.2) is 14.1 Å². The molecule has 0 spiro atoms. The van der Waals surface area contributed by atoms with Crippen molar-refractivity contribution in [3.05, 3.63) is 59.5 Å². The summed E-state index contributed by atoms with van der Waals surface area (Å²) in [6.45, 7) is 1.35. The van der Waals surface area contributed by atoms with E-state index in [4.69, 9.17) is 11.0 Å². The molecule has 2 aliphatic rings. The number of anilines is 3. The van der Waals surface area contributed by atoms with Crippen LogP contribution in [0.4, 0.5) is 21.6 Å². The summed E-state index contributed by atoms with van der Waals surface area (Å²) in [5, 5.41) is 13.6. The monoisotopic (exact) mass is 403 g/mol. The van der Waals surface area contributed by atoms with E-state index in [1.54, 1.807) is 40.2 Å². The average Bonchev–Trinajstić information content (AvgIpc) is 3.44. The van der Waals surface area contributed by atoms with Crippen LogP contribution in [0.15, 0.2) is 42.7 Å². The predicted molar refractivity (Wildman–Crippen MR) is 109 cm³/mol. The van der Waals surface area contributed by atoms with Gasteiger partial charge in [0.2, 0.25) is 0 Å². The lowest BCUT2D eigenvalue weighted by atomic mass is 10.1. The first-order valence-electron chi connectivity index (χ1n) is 9.59. The van der Waals surface area contributed by atoms with Crippen molar-refractivity contribution in [1.82, 2.24) is 14.8 Å². The Morgan fingerprint density at radius 1 is 1.23 bits per heavy atom. The number of rotatable bonds is 3. The number of carbonyl (C=O) groups excluding carboxylic acids is 1. The Balaban J connectivity index is 1.36. The van der Waals surface area contributed by atoms with Crippen LogP contribution in [0.1, 0.15) is 28.0 Å². The number of amides is 1. The van der Waals surface area contributed by atoms with Crippen molar-refractivity contribution < 1.29 is 9.18 Å². The number of nitrogens with two attached hydrogens (primary N) is 1. The van der Waals surface area contributed by atoms with Gasteiger partial charge in [-0.05, 0) is 36.8 Å². The molecule has 150 valence electrons. The zero-order valence-electron chi connectivity index (χ0n) is 16.0. The third-order valence-corrected chi connectivity index (χ3v) is 5.49. The summed E-state index contributed by atoms with van der Waals surface area (Å²) >= 11 is 0. The van der Waals surface area contributed by atoms with Crippen LogP contribution in [-0.4, -0.2) is 39.9 Å². The maximum absolute atomic E-state index is 13.4. The maximum atomic E-state index is 13.4. The fraction of sp³-hybridized carbons (Fsp3) is 0.238. The van der Waals surface area contributed by atoms with E-state index in [1.807, 2.05) is 23.1 Å². The van der Waals surface area contributed by atoms with Gasteiger partial charge in [-0.15, -0.1) is 0 Å². The summed E-state index contributed by atoms with van der Waals surface area (Å²) in [6.07, 6.45) is 3.08. The molecule has 8 nitrogen and oxygen atoms in total. The van der Waals surface area contributed by atoms with E-state index in [-0.39, 0.29) is 5.91 Å². The van der Waals surface area contributed by atoms with Crippen molar-refractivity contribution in [2.75, 3.05) is 28.6 Å². The number of nitriles is 1. The van der Waals surface area contributed by atoms with E-state index in [0.29, 0.717) is 54.3 Å². The van der Waals surface area contributed by atoms with Gasteiger partial charge in [-0.3, -0.25) is 4.79 Å². The van der Waals surface area contributed by atoms with Gasteiger partial charge in [-0.2, -0.15) is 10.4 Å². The van der Waals surface area contributed by atoms with E-state index in [1.165, 1.54) is 0 Å². The normalized spacial score (nSPS) is 18.0. The van der Waals surface area contributed by atoms with Gasteiger partial charge in [0.25, 0.3) is 5.91 Å². The molecule has 9 heteroatoms. The molecule has 5 rings (SSSR count). The first-order valence-corrected chi connectivity index (χ1v) is 9.59. The molecule has 1 aromatic carbocycles. The Bertz CT molecular complexity index is 1180. The largest absolute Gasteiger partial charge is 0.398 e. The van der Waals surface area contributed by atoms with Crippen molar-refractivity contribution in [1.29, 1.82) is 5.26 Å². The minimum atomic E-state index is -0.805. The highest BCUT2D eigenvalue weighted by molar-refractivity contribution is 6.09. The number of hydrogen-bond donors (Lipinski definition) is 1. The molecule has 0 bridgehead atoms. The van der Waals surface area contributed by atoms with Crippen LogP contribution in [0.25, 0.3) is 5.69 Å². The van der Waals surface area contributed by atoms with Crippen molar-refractivity contribution in [3.8, 4) is 11.8 Å².